The van der Waals surface area contributed by atoms with Crippen LogP contribution in [0.3, 0.4) is 0 Å². The number of hydrogen-bond acceptors (Lipinski definition) is 4. The normalized spacial score (nSPS) is 12.6. The molecule has 0 aliphatic rings. The molecule has 29 heavy (non-hydrogen) atoms. The molecule has 0 unspecified atom stereocenters. The number of methoxy groups -OCH3 is 1. The molecule has 0 bridgehead atoms. The van der Waals surface area contributed by atoms with Gasteiger partial charge in [0.15, 0.2) is 0 Å². The van der Waals surface area contributed by atoms with Gasteiger partial charge in [0.2, 0.25) is 0 Å². The highest BCUT2D eigenvalue weighted by atomic mass is 19.1. The molecule has 0 fully saturated rings. The number of aliphatic hydroxyl groups excluding tert-OH is 2. The lowest BCUT2D eigenvalue weighted by Gasteiger charge is -2.15. The Kier molecular flexibility index (Phi) is 5.73. The first-order valence-electron chi connectivity index (χ1n) is 9.12. The van der Waals surface area contributed by atoms with Crippen molar-refractivity contribution in [3.8, 4) is 11.1 Å². The van der Waals surface area contributed by atoms with Crippen molar-refractivity contribution >= 4 is 22.6 Å². The third-order valence-corrected chi connectivity index (χ3v) is 4.55. The number of allylic oxidation sites excluding steroid dienone is 1. The van der Waals surface area contributed by atoms with Crippen LogP contribution in [0.15, 0.2) is 66.4 Å². The average Bonchev–Trinajstić information content (AvgIpc) is 3.04. The van der Waals surface area contributed by atoms with E-state index in [0.29, 0.717) is 16.8 Å². The lowest BCUT2D eigenvalue weighted by atomic mass is 10.0. The molecule has 3 rings (SSSR count). The number of rotatable bonds is 5. The van der Waals surface area contributed by atoms with Gasteiger partial charge in [-0.3, -0.25) is 0 Å². The molecule has 0 spiro atoms. The van der Waals surface area contributed by atoms with Crippen LogP contribution in [0.5, 0.6) is 0 Å². The van der Waals surface area contributed by atoms with Crippen molar-refractivity contribution in [2.45, 2.75) is 19.9 Å². The van der Waals surface area contributed by atoms with Crippen molar-refractivity contribution in [2.24, 2.45) is 0 Å². The van der Waals surface area contributed by atoms with E-state index in [0.717, 1.165) is 23.1 Å². The minimum Gasteiger partial charge on any atom is -0.508 e. The zero-order valence-corrected chi connectivity index (χ0v) is 16.4. The average molecular weight is 395 g/mol. The second kappa shape index (κ2) is 8.22. The van der Waals surface area contributed by atoms with E-state index in [1.807, 2.05) is 42.7 Å². The lowest BCUT2D eigenvalue weighted by molar-refractivity contribution is -0.135. The molecular weight excluding hydrogens is 373 g/mol. The maximum atomic E-state index is 13.5. The number of aliphatic hydroxyl groups is 2. The standard InChI is InChI=1S/C23H22FNO4/c1-14(2)25-19-7-5-4-6-18(19)22(15-8-10-16(24)11-9-15)23(25)20(27)12-17(26)13-21(28)29-3/h4-14,26-27H,1-3H3/b17-13-,20-12-. The lowest BCUT2D eigenvalue weighted by Crippen LogP contribution is -2.06. The molecule has 0 radical (unpaired) electrons. The number of hydrogen-bond donors (Lipinski definition) is 2. The Hall–Kier alpha value is -3.54. The van der Waals surface area contributed by atoms with E-state index in [-0.39, 0.29) is 17.6 Å². The van der Waals surface area contributed by atoms with E-state index < -0.39 is 11.7 Å². The summed E-state index contributed by atoms with van der Waals surface area (Å²) in [7, 11) is 1.19. The Morgan fingerprint density at radius 2 is 1.72 bits per heavy atom. The van der Waals surface area contributed by atoms with Gasteiger partial charge in [0.25, 0.3) is 0 Å². The molecule has 0 aliphatic carbocycles. The molecule has 150 valence electrons. The molecule has 0 atom stereocenters. The van der Waals surface area contributed by atoms with Gasteiger partial charge in [0, 0.05) is 28.6 Å². The fraction of sp³-hybridized carbons (Fsp3) is 0.174. The zero-order chi connectivity index (χ0) is 21.1. The van der Waals surface area contributed by atoms with Gasteiger partial charge in [-0.2, -0.15) is 0 Å². The third kappa shape index (κ3) is 4.01. The third-order valence-electron chi connectivity index (χ3n) is 4.55. The predicted molar refractivity (Wildman–Crippen MR) is 111 cm³/mol. The summed E-state index contributed by atoms with van der Waals surface area (Å²) in [5, 5.41) is 21.8. The molecule has 2 N–H and O–H groups in total. The van der Waals surface area contributed by atoms with Gasteiger partial charge in [-0.1, -0.05) is 30.3 Å². The van der Waals surface area contributed by atoms with Gasteiger partial charge in [-0.05, 0) is 37.6 Å². The van der Waals surface area contributed by atoms with E-state index >= 15 is 0 Å². The molecule has 6 heteroatoms. The number of aromatic nitrogens is 1. The number of nitrogens with zero attached hydrogens (tertiary/aromatic N) is 1. The number of esters is 1. The van der Waals surface area contributed by atoms with Crippen LogP contribution < -0.4 is 0 Å². The van der Waals surface area contributed by atoms with Crippen molar-refractivity contribution in [1.29, 1.82) is 0 Å². The Morgan fingerprint density at radius 1 is 1.07 bits per heavy atom. The second-order valence-corrected chi connectivity index (χ2v) is 6.83. The number of benzene rings is 2. The van der Waals surface area contributed by atoms with Crippen molar-refractivity contribution in [3.05, 3.63) is 78.0 Å². The van der Waals surface area contributed by atoms with Gasteiger partial charge in [-0.25, -0.2) is 9.18 Å². The van der Waals surface area contributed by atoms with Gasteiger partial charge >= 0.3 is 5.97 Å². The van der Waals surface area contributed by atoms with Crippen LogP contribution in [0.1, 0.15) is 25.6 Å². The number of halogens is 1. The summed E-state index contributed by atoms with van der Waals surface area (Å²) in [5.74, 6) is -1.78. The quantitative estimate of drug-likeness (QED) is 0.257. The van der Waals surface area contributed by atoms with Gasteiger partial charge in [0.05, 0.1) is 18.9 Å². The second-order valence-electron chi connectivity index (χ2n) is 6.83. The topological polar surface area (TPSA) is 71.7 Å². The Balaban J connectivity index is 2.33. The maximum Gasteiger partial charge on any atom is 0.334 e. The monoisotopic (exact) mass is 395 g/mol. The van der Waals surface area contributed by atoms with Crippen molar-refractivity contribution in [1.82, 2.24) is 4.57 Å². The fourth-order valence-electron chi connectivity index (χ4n) is 3.39. The van der Waals surface area contributed by atoms with Crippen molar-refractivity contribution < 1.29 is 24.1 Å². The van der Waals surface area contributed by atoms with E-state index in [9.17, 15) is 19.4 Å². The van der Waals surface area contributed by atoms with Gasteiger partial charge in [0.1, 0.15) is 17.3 Å². The minimum atomic E-state index is -0.741. The Morgan fingerprint density at radius 3 is 2.34 bits per heavy atom. The molecule has 5 nitrogen and oxygen atoms in total. The number of fused-ring (bicyclic) bond motifs is 1. The molecule has 1 aromatic heterocycles. The number of carbonyl (C=O) groups is 1. The van der Waals surface area contributed by atoms with Gasteiger partial charge in [-0.15, -0.1) is 0 Å². The first kappa shape index (κ1) is 20.2. The van der Waals surface area contributed by atoms with Crippen LogP contribution >= 0.6 is 0 Å². The van der Waals surface area contributed by atoms with Crippen LogP contribution in [0, 0.1) is 5.82 Å². The first-order valence-corrected chi connectivity index (χ1v) is 9.12. The summed E-state index contributed by atoms with van der Waals surface area (Å²) < 4.78 is 19.9. The smallest absolute Gasteiger partial charge is 0.334 e. The van der Waals surface area contributed by atoms with Crippen molar-refractivity contribution in [3.63, 3.8) is 0 Å². The SMILES string of the molecule is COC(=O)/C=C(O)/C=C(\O)c1c(-c2ccc(F)cc2)c2ccccc2n1C(C)C. The summed E-state index contributed by atoms with van der Waals surface area (Å²) >= 11 is 0. The fourth-order valence-corrected chi connectivity index (χ4v) is 3.39. The largest absolute Gasteiger partial charge is 0.508 e. The highest BCUT2D eigenvalue weighted by Crippen LogP contribution is 2.40. The van der Waals surface area contributed by atoms with E-state index in [1.165, 1.54) is 19.2 Å². The Bertz CT molecular complexity index is 1110. The Labute approximate surface area is 168 Å². The maximum absolute atomic E-state index is 13.5. The summed E-state index contributed by atoms with van der Waals surface area (Å²) in [6, 6.07) is 13.6. The summed E-state index contributed by atoms with van der Waals surface area (Å²) in [4.78, 5) is 11.4. The predicted octanol–water partition coefficient (Wildman–Crippen LogP) is 5.54. The highest BCUT2D eigenvalue weighted by Gasteiger charge is 2.23. The van der Waals surface area contributed by atoms with Crippen LogP contribution in [-0.4, -0.2) is 27.9 Å². The van der Waals surface area contributed by atoms with Crippen LogP contribution in [0.2, 0.25) is 0 Å². The molecule has 3 aromatic rings. The molecule has 0 amide bonds. The number of para-hydroxylation sites is 1. The van der Waals surface area contributed by atoms with E-state index in [2.05, 4.69) is 4.74 Å². The van der Waals surface area contributed by atoms with Gasteiger partial charge < -0.3 is 19.5 Å². The number of carbonyl (C=O) groups excluding carboxylic acids is 1. The summed E-state index contributed by atoms with van der Waals surface area (Å²) in [5.41, 5.74) is 2.76. The number of ether oxygens (including phenoxy) is 1. The summed E-state index contributed by atoms with van der Waals surface area (Å²) in [6.07, 6.45) is 1.97. The molecule has 0 saturated carbocycles. The molecular formula is C23H22FNO4. The van der Waals surface area contributed by atoms with Crippen LogP contribution in [0.25, 0.3) is 27.8 Å². The minimum absolute atomic E-state index is 0.0219. The molecule has 1 heterocycles. The molecule has 0 aliphatic heterocycles. The van der Waals surface area contributed by atoms with E-state index in [1.54, 1.807) is 12.1 Å². The highest BCUT2D eigenvalue weighted by molar-refractivity contribution is 6.02. The van der Waals surface area contributed by atoms with Crippen molar-refractivity contribution in [2.75, 3.05) is 7.11 Å². The zero-order valence-electron chi connectivity index (χ0n) is 16.4. The first-order chi connectivity index (χ1) is 13.8. The summed E-state index contributed by atoms with van der Waals surface area (Å²) in [6.45, 7) is 3.95. The molecule has 0 saturated heterocycles. The van der Waals surface area contributed by atoms with E-state index in [4.69, 9.17) is 0 Å². The van der Waals surface area contributed by atoms with Crippen LogP contribution in [-0.2, 0) is 9.53 Å². The van der Waals surface area contributed by atoms with Crippen LogP contribution in [0.4, 0.5) is 4.39 Å². The molecule has 2 aromatic carbocycles.